The average molecular weight is 379 g/mol. The molecule has 4 nitrogen and oxygen atoms in total. The number of hydrogen-bond acceptors (Lipinski definition) is 3. The van der Waals surface area contributed by atoms with E-state index >= 15 is 0 Å². The maximum absolute atomic E-state index is 13.2. The third kappa shape index (κ3) is 3.35. The SMILES string of the molecule is CCc1ccc(Cc2cc3c(c(C)c2C)CN(C2CCCCC2O)C3=O)cn1. The Hall–Kier alpha value is -2.20. The van der Waals surface area contributed by atoms with Crippen molar-refractivity contribution in [3.63, 3.8) is 0 Å². The number of fused-ring (bicyclic) bond motifs is 1. The molecule has 4 heteroatoms. The number of aryl methyl sites for hydroxylation is 1. The van der Waals surface area contributed by atoms with E-state index in [0.29, 0.717) is 6.54 Å². The molecule has 2 atom stereocenters. The Labute approximate surface area is 167 Å². The minimum Gasteiger partial charge on any atom is -0.391 e. The van der Waals surface area contributed by atoms with Crippen molar-refractivity contribution < 1.29 is 9.90 Å². The van der Waals surface area contributed by atoms with Gasteiger partial charge in [-0.2, -0.15) is 0 Å². The van der Waals surface area contributed by atoms with Gasteiger partial charge in [0.2, 0.25) is 0 Å². The molecule has 1 aliphatic heterocycles. The van der Waals surface area contributed by atoms with Gasteiger partial charge >= 0.3 is 0 Å². The van der Waals surface area contributed by atoms with E-state index in [1.807, 2.05) is 11.1 Å². The Morgan fingerprint density at radius 2 is 1.96 bits per heavy atom. The number of nitrogens with zero attached hydrogens (tertiary/aromatic N) is 2. The zero-order valence-electron chi connectivity index (χ0n) is 17.2. The zero-order chi connectivity index (χ0) is 19.8. The number of hydrogen-bond donors (Lipinski definition) is 1. The van der Waals surface area contributed by atoms with Crippen LogP contribution >= 0.6 is 0 Å². The second-order valence-electron chi connectivity index (χ2n) is 8.35. The number of aromatic nitrogens is 1. The molecule has 28 heavy (non-hydrogen) atoms. The molecule has 2 unspecified atom stereocenters. The van der Waals surface area contributed by atoms with Crippen molar-refractivity contribution >= 4 is 5.91 Å². The first kappa shape index (κ1) is 19.1. The Morgan fingerprint density at radius 3 is 2.64 bits per heavy atom. The third-order valence-electron chi connectivity index (χ3n) is 6.70. The first-order valence-corrected chi connectivity index (χ1v) is 10.5. The second-order valence-corrected chi connectivity index (χ2v) is 8.35. The van der Waals surface area contributed by atoms with Crippen LogP contribution in [0.15, 0.2) is 24.4 Å². The van der Waals surface area contributed by atoms with Gasteiger partial charge in [-0.25, -0.2) is 0 Å². The molecule has 1 aliphatic carbocycles. The van der Waals surface area contributed by atoms with E-state index in [2.05, 4.69) is 44.0 Å². The highest BCUT2D eigenvalue weighted by Crippen LogP contribution is 2.35. The fourth-order valence-corrected chi connectivity index (χ4v) is 4.73. The molecule has 1 N–H and O–H groups in total. The highest BCUT2D eigenvalue weighted by atomic mass is 16.3. The summed E-state index contributed by atoms with van der Waals surface area (Å²) < 4.78 is 0. The third-order valence-corrected chi connectivity index (χ3v) is 6.70. The molecular weight excluding hydrogens is 348 g/mol. The fourth-order valence-electron chi connectivity index (χ4n) is 4.73. The lowest BCUT2D eigenvalue weighted by Gasteiger charge is -2.35. The monoisotopic (exact) mass is 378 g/mol. The molecule has 1 aromatic carbocycles. The van der Waals surface area contributed by atoms with Gasteiger partial charge in [0.25, 0.3) is 5.91 Å². The van der Waals surface area contributed by atoms with E-state index in [4.69, 9.17) is 0 Å². The van der Waals surface area contributed by atoms with E-state index in [9.17, 15) is 9.90 Å². The molecular formula is C24H30N2O2. The van der Waals surface area contributed by atoms with Gasteiger partial charge in [-0.15, -0.1) is 0 Å². The van der Waals surface area contributed by atoms with E-state index in [1.165, 1.54) is 22.3 Å². The largest absolute Gasteiger partial charge is 0.391 e. The first-order valence-electron chi connectivity index (χ1n) is 10.5. The number of rotatable bonds is 4. The molecule has 1 fully saturated rings. The van der Waals surface area contributed by atoms with Crippen LogP contribution in [0.25, 0.3) is 0 Å². The summed E-state index contributed by atoms with van der Waals surface area (Å²) >= 11 is 0. The highest BCUT2D eigenvalue weighted by molar-refractivity contribution is 5.99. The van der Waals surface area contributed by atoms with Crippen molar-refractivity contribution in [3.8, 4) is 0 Å². The van der Waals surface area contributed by atoms with E-state index < -0.39 is 6.10 Å². The zero-order valence-corrected chi connectivity index (χ0v) is 17.2. The predicted octanol–water partition coefficient (Wildman–Crippen LogP) is 4.11. The maximum Gasteiger partial charge on any atom is 0.254 e. The summed E-state index contributed by atoms with van der Waals surface area (Å²) in [5.74, 6) is 0.0877. The smallest absolute Gasteiger partial charge is 0.254 e. The topological polar surface area (TPSA) is 53.4 Å². The van der Waals surface area contributed by atoms with Crippen LogP contribution in [0.2, 0.25) is 0 Å². The summed E-state index contributed by atoms with van der Waals surface area (Å²) in [6, 6.07) is 6.27. The number of carbonyl (C=O) groups excluding carboxylic acids is 1. The van der Waals surface area contributed by atoms with E-state index in [0.717, 1.165) is 55.3 Å². The van der Waals surface area contributed by atoms with Crippen molar-refractivity contribution in [2.75, 3.05) is 0 Å². The number of carbonyl (C=O) groups is 1. The number of amides is 1. The van der Waals surface area contributed by atoms with Crippen LogP contribution in [-0.2, 0) is 19.4 Å². The van der Waals surface area contributed by atoms with Gasteiger partial charge in [0.15, 0.2) is 0 Å². The molecule has 2 aliphatic rings. The fraction of sp³-hybridized carbons (Fsp3) is 0.500. The maximum atomic E-state index is 13.2. The molecule has 0 saturated heterocycles. The standard InChI is InChI=1S/C24H30N2O2/c1-4-19-10-9-17(13-25-19)11-18-12-20-21(16(3)15(18)2)14-26(24(20)28)22-7-5-6-8-23(22)27/h9-10,12-13,22-23,27H,4-8,11,14H2,1-3H3. The minimum atomic E-state index is -0.393. The molecule has 2 heterocycles. The van der Waals surface area contributed by atoms with Crippen molar-refractivity contribution in [1.29, 1.82) is 0 Å². The lowest BCUT2D eigenvalue weighted by Crippen LogP contribution is -2.45. The Kier molecular flexibility index (Phi) is 5.24. The number of pyridine rings is 1. The minimum absolute atomic E-state index is 0.0393. The Bertz CT molecular complexity index is 888. The Morgan fingerprint density at radius 1 is 1.18 bits per heavy atom. The van der Waals surface area contributed by atoms with Gasteiger partial charge in [-0.05, 0) is 79.5 Å². The van der Waals surface area contributed by atoms with Crippen molar-refractivity contribution in [2.24, 2.45) is 0 Å². The quantitative estimate of drug-likeness (QED) is 0.871. The molecule has 4 rings (SSSR count). The molecule has 1 amide bonds. The van der Waals surface area contributed by atoms with Gasteiger partial charge in [-0.3, -0.25) is 9.78 Å². The molecule has 2 aromatic rings. The molecule has 0 radical (unpaired) electrons. The van der Waals surface area contributed by atoms with Gasteiger partial charge in [0.05, 0.1) is 12.1 Å². The first-order chi connectivity index (χ1) is 13.5. The van der Waals surface area contributed by atoms with Crippen LogP contribution in [-0.4, -0.2) is 33.0 Å². The van der Waals surface area contributed by atoms with Gasteiger partial charge in [-0.1, -0.05) is 25.8 Å². The summed E-state index contributed by atoms with van der Waals surface area (Å²) in [6.07, 6.45) is 7.14. The predicted molar refractivity (Wildman–Crippen MR) is 110 cm³/mol. The van der Waals surface area contributed by atoms with Crippen LogP contribution in [0.3, 0.4) is 0 Å². The Balaban J connectivity index is 1.63. The highest BCUT2D eigenvalue weighted by Gasteiger charge is 2.38. The van der Waals surface area contributed by atoms with Crippen LogP contribution in [0.5, 0.6) is 0 Å². The lowest BCUT2D eigenvalue weighted by atomic mass is 9.91. The lowest BCUT2D eigenvalue weighted by molar-refractivity contribution is 0.0191. The van der Waals surface area contributed by atoms with E-state index in [1.54, 1.807) is 0 Å². The van der Waals surface area contributed by atoms with Crippen LogP contribution in [0.4, 0.5) is 0 Å². The van der Waals surface area contributed by atoms with Crippen LogP contribution in [0.1, 0.15) is 76.5 Å². The molecule has 0 bridgehead atoms. The summed E-state index contributed by atoms with van der Waals surface area (Å²) in [5.41, 5.74) is 7.91. The molecule has 1 saturated carbocycles. The summed E-state index contributed by atoms with van der Waals surface area (Å²) in [4.78, 5) is 19.6. The van der Waals surface area contributed by atoms with Gasteiger partial charge in [0, 0.05) is 24.0 Å². The normalized spacial score (nSPS) is 21.9. The number of benzene rings is 1. The van der Waals surface area contributed by atoms with Crippen molar-refractivity contribution in [3.05, 3.63) is 63.5 Å². The molecule has 148 valence electrons. The number of aliphatic hydroxyl groups is 1. The van der Waals surface area contributed by atoms with Crippen LogP contribution < -0.4 is 0 Å². The van der Waals surface area contributed by atoms with Gasteiger partial charge < -0.3 is 10.0 Å². The summed E-state index contributed by atoms with van der Waals surface area (Å²) in [6.45, 7) is 7.03. The molecule has 1 aromatic heterocycles. The average Bonchev–Trinajstić information content (AvgIpc) is 3.03. The summed E-state index contributed by atoms with van der Waals surface area (Å²) in [7, 11) is 0. The number of aliphatic hydroxyl groups excluding tert-OH is 1. The molecule has 0 spiro atoms. The van der Waals surface area contributed by atoms with Crippen molar-refractivity contribution in [2.45, 2.75) is 78.0 Å². The van der Waals surface area contributed by atoms with E-state index in [-0.39, 0.29) is 11.9 Å². The van der Waals surface area contributed by atoms with Crippen LogP contribution in [0, 0.1) is 13.8 Å². The second kappa shape index (κ2) is 7.67. The summed E-state index contributed by atoms with van der Waals surface area (Å²) in [5, 5.41) is 10.4. The van der Waals surface area contributed by atoms with Gasteiger partial charge in [0.1, 0.15) is 0 Å². The van der Waals surface area contributed by atoms with Crippen molar-refractivity contribution in [1.82, 2.24) is 9.88 Å².